The van der Waals surface area contributed by atoms with Gasteiger partial charge >= 0.3 is 0 Å². The van der Waals surface area contributed by atoms with Crippen molar-refractivity contribution in [2.75, 3.05) is 0 Å². The van der Waals surface area contributed by atoms with Crippen LogP contribution in [0.15, 0.2) is 0 Å². The highest BCUT2D eigenvalue weighted by atomic mass is 32.1. The highest BCUT2D eigenvalue weighted by Crippen LogP contribution is 2.42. The van der Waals surface area contributed by atoms with Crippen LogP contribution in [0, 0.1) is 0 Å². The summed E-state index contributed by atoms with van der Waals surface area (Å²) in [7, 11) is 0. The SMILES string of the molecule is CC(C)c1sc2c(c1C(C)C)CCC2. The molecule has 0 N–H and O–H groups in total. The monoisotopic (exact) mass is 208 g/mol. The molecule has 0 aromatic carbocycles. The lowest BCUT2D eigenvalue weighted by atomic mass is 9.94. The van der Waals surface area contributed by atoms with E-state index in [0.717, 1.165) is 0 Å². The number of thiophene rings is 1. The van der Waals surface area contributed by atoms with E-state index in [1.54, 1.807) is 20.9 Å². The number of hydrogen-bond acceptors (Lipinski definition) is 1. The van der Waals surface area contributed by atoms with E-state index in [-0.39, 0.29) is 0 Å². The van der Waals surface area contributed by atoms with E-state index in [9.17, 15) is 0 Å². The van der Waals surface area contributed by atoms with Gasteiger partial charge in [-0.1, -0.05) is 27.7 Å². The molecule has 0 unspecified atom stereocenters. The second kappa shape index (κ2) is 3.69. The number of aryl methyl sites for hydroxylation is 1. The van der Waals surface area contributed by atoms with Crippen LogP contribution in [0.4, 0.5) is 0 Å². The van der Waals surface area contributed by atoms with Crippen LogP contribution in [0.1, 0.15) is 66.8 Å². The van der Waals surface area contributed by atoms with E-state index in [2.05, 4.69) is 39.0 Å². The van der Waals surface area contributed by atoms with Crippen LogP contribution in [0.3, 0.4) is 0 Å². The topological polar surface area (TPSA) is 0 Å². The Morgan fingerprint density at radius 1 is 1.00 bits per heavy atom. The van der Waals surface area contributed by atoms with Gasteiger partial charge < -0.3 is 0 Å². The molecule has 0 radical (unpaired) electrons. The second-order valence-corrected chi connectivity index (χ2v) is 6.08. The van der Waals surface area contributed by atoms with E-state index in [0.29, 0.717) is 11.8 Å². The summed E-state index contributed by atoms with van der Waals surface area (Å²) < 4.78 is 0. The fourth-order valence-electron chi connectivity index (χ4n) is 2.51. The van der Waals surface area contributed by atoms with Gasteiger partial charge in [0.2, 0.25) is 0 Å². The molecule has 1 aromatic heterocycles. The van der Waals surface area contributed by atoms with Gasteiger partial charge in [0.15, 0.2) is 0 Å². The first-order valence-electron chi connectivity index (χ1n) is 5.75. The Bertz CT molecular complexity index is 331. The van der Waals surface area contributed by atoms with Crippen molar-refractivity contribution in [3.05, 3.63) is 20.9 Å². The number of rotatable bonds is 2. The third kappa shape index (κ3) is 1.52. The normalized spacial score (nSPS) is 15.6. The highest BCUT2D eigenvalue weighted by Gasteiger charge is 2.24. The Morgan fingerprint density at radius 2 is 1.71 bits per heavy atom. The van der Waals surface area contributed by atoms with Gasteiger partial charge in [0.1, 0.15) is 0 Å². The minimum absolute atomic E-state index is 0.711. The quantitative estimate of drug-likeness (QED) is 0.672. The molecular formula is C13H20S. The summed E-state index contributed by atoms with van der Waals surface area (Å²) in [5, 5.41) is 0. The number of fused-ring (bicyclic) bond motifs is 1. The lowest BCUT2D eigenvalue weighted by molar-refractivity contribution is 0.791. The zero-order valence-corrected chi connectivity index (χ0v) is 10.5. The molecule has 1 aliphatic carbocycles. The predicted octanol–water partition coefficient (Wildman–Crippen LogP) is 4.48. The summed E-state index contributed by atoms with van der Waals surface area (Å²) >= 11 is 2.09. The lowest BCUT2D eigenvalue weighted by Crippen LogP contribution is -1.96. The van der Waals surface area contributed by atoms with Gasteiger partial charge in [-0.15, -0.1) is 11.3 Å². The molecule has 1 heterocycles. The average Bonchev–Trinajstić information content (AvgIpc) is 2.58. The van der Waals surface area contributed by atoms with Crippen LogP contribution in [0.25, 0.3) is 0 Å². The van der Waals surface area contributed by atoms with Crippen LogP contribution >= 0.6 is 11.3 Å². The van der Waals surface area contributed by atoms with Crippen LogP contribution in [0.5, 0.6) is 0 Å². The van der Waals surface area contributed by atoms with Crippen molar-refractivity contribution >= 4 is 11.3 Å². The molecule has 0 nitrogen and oxygen atoms in total. The van der Waals surface area contributed by atoms with Crippen molar-refractivity contribution in [2.24, 2.45) is 0 Å². The van der Waals surface area contributed by atoms with Crippen molar-refractivity contribution in [1.29, 1.82) is 0 Å². The molecule has 78 valence electrons. The molecule has 14 heavy (non-hydrogen) atoms. The van der Waals surface area contributed by atoms with E-state index < -0.39 is 0 Å². The smallest absolute Gasteiger partial charge is 0.0111 e. The van der Waals surface area contributed by atoms with Gasteiger partial charge in [0.25, 0.3) is 0 Å². The van der Waals surface area contributed by atoms with E-state index in [1.165, 1.54) is 19.3 Å². The summed E-state index contributed by atoms with van der Waals surface area (Å²) in [6.07, 6.45) is 4.07. The molecule has 1 aromatic rings. The van der Waals surface area contributed by atoms with Crippen LogP contribution in [-0.4, -0.2) is 0 Å². The van der Waals surface area contributed by atoms with Gasteiger partial charge in [-0.25, -0.2) is 0 Å². The van der Waals surface area contributed by atoms with E-state index in [4.69, 9.17) is 0 Å². The fourth-order valence-corrected chi connectivity index (χ4v) is 4.06. The summed E-state index contributed by atoms with van der Waals surface area (Å²) in [6.45, 7) is 9.33. The van der Waals surface area contributed by atoms with Gasteiger partial charge in [-0.05, 0) is 42.2 Å². The predicted molar refractivity (Wildman–Crippen MR) is 64.5 cm³/mol. The molecule has 0 amide bonds. The molecule has 1 aliphatic rings. The zero-order chi connectivity index (χ0) is 10.3. The maximum Gasteiger partial charge on any atom is 0.0111 e. The average molecular weight is 208 g/mol. The van der Waals surface area contributed by atoms with Crippen molar-refractivity contribution in [3.63, 3.8) is 0 Å². The third-order valence-corrected chi connectivity index (χ3v) is 4.70. The standard InChI is InChI=1S/C13H20S/c1-8(2)12-10-6-5-7-11(10)14-13(12)9(3)4/h8-9H,5-7H2,1-4H3. The molecule has 0 saturated heterocycles. The Hall–Kier alpha value is -0.300. The molecule has 2 rings (SSSR count). The minimum Gasteiger partial charge on any atom is -0.145 e. The van der Waals surface area contributed by atoms with Gasteiger partial charge in [-0.3, -0.25) is 0 Å². The molecule has 0 atom stereocenters. The number of hydrogen-bond donors (Lipinski definition) is 0. The summed E-state index contributed by atoms with van der Waals surface area (Å²) in [6, 6.07) is 0. The van der Waals surface area contributed by atoms with Crippen molar-refractivity contribution in [2.45, 2.75) is 58.8 Å². The van der Waals surface area contributed by atoms with Gasteiger partial charge in [0.05, 0.1) is 0 Å². The van der Waals surface area contributed by atoms with Crippen molar-refractivity contribution in [1.82, 2.24) is 0 Å². The summed E-state index contributed by atoms with van der Waals surface area (Å²) in [5.74, 6) is 1.42. The molecule has 0 aliphatic heterocycles. The van der Waals surface area contributed by atoms with Crippen LogP contribution in [0.2, 0.25) is 0 Å². The maximum atomic E-state index is 2.34. The third-order valence-electron chi connectivity index (χ3n) is 3.09. The molecule has 0 bridgehead atoms. The van der Waals surface area contributed by atoms with Crippen LogP contribution < -0.4 is 0 Å². The van der Waals surface area contributed by atoms with Gasteiger partial charge in [-0.2, -0.15) is 0 Å². The van der Waals surface area contributed by atoms with Crippen molar-refractivity contribution < 1.29 is 0 Å². The first-order chi connectivity index (χ1) is 6.61. The van der Waals surface area contributed by atoms with Gasteiger partial charge in [0, 0.05) is 9.75 Å². The fraction of sp³-hybridized carbons (Fsp3) is 0.692. The first-order valence-corrected chi connectivity index (χ1v) is 6.57. The highest BCUT2D eigenvalue weighted by molar-refractivity contribution is 7.12. The Balaban J connectivity index is 2.51. The molecule has 0 spiro atoms. The van der Waals surface area contributed by atoms with Crippen LogP contribution in [-0.2, 0) is 12.8 Å². The second-order valence-electron chi connectivity index (χ2n) is 4.94. The summed E-state index contributed by atoms with van der Waals surface area (Å²) in [4.78, 5) is 3.35. The molecule has 0 fully saturated rings. The first kappa shape index (κ1) is 10.2. The summed E-state index contributed by atoms with van der Waals surface area (Å²) in [5.41, 5.74) is 3.41. The minimum atomic E-state index is 0.711. The Labute approximate surface area is 91.4 Å². The van der Waals surface area contributed by atoms with E-state index >= 15 is 0 Å². The molecular weight excluding hydrogens is 188 g/mol. The molecule has 0 saturated carbocycles. The van der Waals surface area contributed by atoms with E-state index in [1.807, 2.05) is 0 Å². The lowest BCUT2D eigenvalue weighted by Gasteiger charge is -2.12. The maximum absolute atomic E-state index is 2.34. The zero-order valence-electron chi connectivity index (χ0n) is 9.68. The largest absolute Gasteiger partial charge is 0.145 e. The van der Waals surface area contributed by atoms with Crippen molar-refractivity contribution in [3.8, 4) is 0 Å². The Morgan fingerprint density at radius 3 is 2.29 bits per heavy atom. The molecule has 1 heteroatoms. The Kier molecular flexibility index (Phi) is 2.70.